The maximum absolute atomic E-state index is 12.5. The minimum absolute atomic E-state index is 0.228. The van der Waals surface area contributed by atoms with Crippen LogP contribution in [0, 0.1) is 13.8 Å². The first-order valence-electron chi connectivity index (χ1n) is 8.56. The van der Waals surface area contributed by atoms with E-state index in [0.717, 1.165) is 17.0 Å². The Labute approximate surface area is 153 Å². The van der Waals surface area contributed by atoms with Gasteiger partial charge in [-0.25, -0.2) is 4.79 Å². The molecule has 3 rings (SSSR count). The predicted octanol–water partition coefficient (Wildman–Crippen LogP) is 3.54. The lowest BCUT2D eigenvalue weighted by Crippen LogP contribution is -2.34. The van der Waals surface area contributed by atoms with Crippen molar-refractivity contribution in [1.29, 1.82) is 0 Å². The van der Waals surface area contributed by atoms with E-state index in [4.69, 9.17) is 0 Å². The van der Waals surface area contributed by atoms with Gasteiger partial charge in [0.15, 0.2) is 0 Å². The van der Waals surface area contributed by atoms with Crippen LogP contribution in [0.5, 0.6) is 0 Å². The van der Waals surface area contributed by atoms with Crippen LogP contribution in [-0.4, -0.2) is 20.8 Å². The van der Waals surface area contributed by atoms with Crippen molar-refractivity contribution >= 4 is 11.8 Å². The molecule has 0 aliphatic carbocycles. The fourth-order valence-corrected chi connectivity index (χ4v) is 2.81. The molecule has 1 aromatic carbocycles. The molecule has 0 saturated heterocycles. The van der Waals surface area contributed by atoms with Gasteiger partial charge in [-0.2, -0.15) is 5.10 Å². The molecule has 3 aromatic rings. The normalized spacial score (nSPS) is 11.8. The van der Waals surface area contributed by atoms with Gasteiger partial charge in [-0.05, 0) is 38.0 Å². The lowest BCUT2D eigenvalue weighted by atomic mass is 10.0. The van der Waals surface area contributed by atoms with Gasteiger partial charge in [-0.3, -0.25) is 15.0 Å². The third kappa shape index (κ3) is 4.47. The number of carbonyl (C=O) groups is 1. The molecule has 0 aliphatic heterocycles. The number of benzene rings is 1. The topological polar surface area (TPSA) is 71.8 Å². The number of aryl methyl sites for hydroxylation is 3. The predicted molar refractivity (Wildman–Crippen MR) is 102 cm³/mol. The molecular weight excluding hydrogens is 326 g/mol. The van der Waals surface area contributed by atoms with Gasteiger partial charge < -0.3 is 5.32 Å². The highest BCUT2D eigenvalue weighted by Crippen LogP contribution is 2.18. The maximum atomic E-state index is 12.5. The maximum Gasteiger partial charge on any atom is 0.320 e. The van der Waals surface area contributed by atoms with Crippen LogP contribution >= 0.6 is 0 Å². The number of amides is 2. The van der Waals surface area contributed by atoms with Gasteiger partial charge in [0.05, 0.1) is 17.4 Å². The zero-order valence-electron chi connectivity index (χ0n) is 15.2. The SMILES string of the molecule is Cc1ccc(C[C@@H](NC(=O)Nc2cc(C)nn2C)c2ccccn2)cc1. The fourth-order valence-electron chi connectivity index (χ4n) is 2.81. The third-order valence-electron chi connectivity index (χ3n) is 4.15. The van der Waals surface area contributed by atoms with Crippen LogP contribution in [0.15, 0.2) is 54.7 Å². The molecule has 2 amide bonds. The smallest absolute Gasteiger partial charge is 0.320 e. The first-order valence-corrected chi connectivity index (χ1v) is 8.56. The Morgan fingerprint density at radius 2 is 1.92 bits per heavy atom. The van der Waals surface area contributed by atoms with Gasteiger partial charge in [0.1, 0.15) is 5.82 Å². The molecule has 0 fully saturated rings. The molecule has 0 aliphatic rings. The largest absolute Gasteiger partial charge is 0.329 e. The minimum atomic E-state index is -0.282. The molecule has 2 aromatic heterocycles. The summed E-state index contributed by atoms with van der Waals surface area (Å²) in [7, 11) is 1.80. The van der Waals surface area contributed by atoms with Crippen LogP contribution < -0.4 is 10.6 Å². The van der Waals surface area contributed by atoms with Crippen LogP contribution in [0.4, 0.5) is 10.6 Å². The lowest BCUT2D eigenvalue weighted by molar-refractivity contribution is 0.248. The summed E-state index contributed by atoms with van der Waals surface area (Å²) in [4.78, 5) is 16.9. The number of urea groups is 1. The van der Waals surface area contributed by atoms with E-state index in [2.05, 4.69) is 51.9 Å². The number of anilines is 1. The molecule has 0 spiro atoms. The molecule has 0 unspecified atom stereocenters. The molecule has 6 nitrogen and oxygen atoms in total. The Bertz CT molecular complexity index is 871. The zero-order valence-corrected chi connectivity index (χ0v) is 15.2. The van der Waals surface area contributed by atoms with E-state index in [-0.39, 0.29) is 12.1 Å². The van der Waals surface area contributed by atoms with Crippen molar-refractivity contribution in [3.8, 4) is 0 Å². The van der Waals surface area contributed by atoms with E-state index in [1.165, 1.54) is 5.56 Å². The molecule has 6 heteroatoms. The van der Waals surface area contributed by atoms with Gasteiger partial charge in [0.25, 0.3) is 0 Å². The van der Waals surface area contributed by atoms with Crippen molar-refractivity contribution < 1.29 is 4.79 Å². The Balaban J connectivity index is 1.76. The lowest BCUT2D eigenvalue weighted by Gasteiger charge is -2.19. The van der Waals surface area contributed by atoms with Crippen LogP contribution in [0.1, 0.15) is 28.6 Å². The summed E-state index contributed by atoms with van der Waals surface area (Å²) in [6, 6.07) is 15.3. The number of hydrogen-bond acceptors (Lipinski definition) is 3. The summed E-state index contributed by atoms with van der Waals surface area (Å²) in [6.07, 6.45) is 2.40. The van der Waals surface area contributed by atoms with Crippen LogP contribution in [0.25, 0.3) is 0 Å². The summed E-state index contributed by atoms with van der Waals surface area (Å²) < 4.78 is 1.64. The third-order valence-corrected chi connectivity index (χ3v) is 4.15. The molecule has 2 heterocycles. The van der Waals surface area contributed by atoms with E-state index >= 15 is 0 Å². The first-order chi connectivity index (χ1) is 12.5. The monoisotopic (exact) mass is 349 g/mol. The molecule has 0 radical (unpaired) electrons. The van der Waals surface area contributed by atoms with Crippen molar-refractivity contribution in [1.82, 2.24) is 20.1 Å². The van der Waals surface area contributed by atoms with Crippen molar-refractivity contribution in [2.45, 2.75) is 26.3 Å². The highest BCUT2D eigenvalue weighted by Gasteiger charge is 2.17. The average Bonchev–Trinajstić information content (AvgIpc) is 2.94. The number of nitrogens with one attached hydrogen (secondary N) is 2. The summed E-state index contributed by atoms with van der Waals surface area (Å²) >= 11 is 0. The molecule has 1 atom stereocenters. The van der Waals surface area contributed by atoms with Crippen LogP contribution in [0.3, 0.4) is 0 Å². The highest BCUT2D eigenvalue weighted by atomic mass is 16.2. The quantitative estimate of drug-likeness (QED) is 0.740. The molecule has 0 saturated carbocycles. The van der Waals surface area contributed by atoms with E-state index in [9.17, 15) is 4.79 Å². The number of carbonyl (C=O) groups excluding carboxylic acids is 1. The van der Waals surface area contributed by atoms with Gasteiger partial charge in [-0.1, -0.05) is 35.9 Å². The van der Waals surface area contributed by atoms with Gasteiger partial charge in [0.2, 0.25) is 0 Å². The Hall–Kier alpha value is -3.15. The van der Waals surface area contributed by atoms with Crippen LogP contribution in [0.2, 0.25) is 0 Å². The minimum Gasteiger partial charge on any atom is -0.329 e. The zero-order chi connectivity index (χ0) is 18.5. The molecule has 26 heavy (non-hydrogen) atoms. The summed E-state index contributed by atoms with van der Waals surface area (Å²) in [5.74, 6) is 0.648. The average molecular weight is 349 g/mol. The van der Waals surface area contributed by atoms with E-state index in [1.807, 2.05) is 31.2 Å². The second-order valence-electron chi connectivity index (χ2n) is 6.39. The summed E-state index contributed by atoms with van der Waals surface area (Å²) in [5, 5.41) is 10.1. The second-order valence-corrected chi connectivity index (χ2v) is 6.39. The molecule has 0 bridgehead atoms. The number of hydrogen-bond donors (Lipinski definition) is 2. The number of rotatable bonds is 5. The summed E-state index contributed by atoms with van der Waals surface area (Å²) in [6.45, 7) is 3.94. The Morgan fingerprint density at radius 3 is 2.54 bits per heavy atom. The van der Waals surface area contributed by atoms with E-state index in [0.29, 0.717) is 12.2 Å². The number of nitrogens with zero attached hydrogens (tertiary/aromatic N) is 3. The van der Waals surface area contributed by atoms with E-state index < -0.39 is 0 Å². The van der Waals surface area contributed by atoms with Crippen molar-refractivity contribution in [3.63, 3.8) is 0 Å². The van der Waals surface area contributed by atoms with Crippen molar-refractivity contribution in [3.05, 3.63) is 77.2 Å². The van der Waals surface area contributed by atoms with E-state index in [1.54, 1.807) is 17.9 Å². The summed E-state index contributed by atoms with van der Waals surface area (Å²) in [5.41, 5.74) is 4.02. The standard InChI is InChI=1S/C20H23N5O/c1-14-7-9-16(10-8-14)13-18(17-6-4-5-11-21-17)22-20(26)23-19-12-15(2)24-25(19)3/h4-12,18H,13H2,1-3H3,(H2,22,23,26)/t18-/m1/s1. The number of aromatic nitrogens is 3. The molecule has 134 valence electrons. The Morgan fingerprint density at radius 1 is 1.15 bits per heavy atom. The van der Waals surface area contributed by atoms with Gasteiger partial charge >= 0.3 is 6.03 Å². The Kier molecular flexibility index (Phi) is 5.31. The van der Waals surface area contributed by atoms with Gasteiger partial charge in [0, 0.05) is 19.3 Å². The molecule has 2 N–H and O–H groups in total. The fraction of sp³-hybridized carbons (Fsp3) is 0.250. The van der Waals surface area contributed by atoms with Crippen molar-refractivity contribution in [2.24, 2.45) is 7.05 Å². The highest BCUT2D eigenvalue weighted by molar-refractivity contribution is 5.88. The first kappa shape index (κ1) is 17.7. The van der Waals surface area contributed by atoms with Crippen LogP contribution in [-0.2, 0) is 13.5 Å². The van der Waals surface area contributed by atoms with Gasteiger partial charge in [-0.15, -0.1) is 0 Å². The van der Waals surface area contributed by atoms with Crippen molar-refractivity contribution in [2.75, 3.05) is 5.32 Å². The molecular formula is C20H23N5O. The second kappa shape index (κ2) is 7.82. The number of pyridine rings is 1.